The normalized spacial score (nSPS) is 22.4. The Morgan fingerprint density at radius 1 is 1.57 bits per heavy atom. The number of amides is 1. The second-order valence-electron chi connectivity index (χ2n) is 3.61. The molecule has 14 heavy (non-hydrogen) atoms. The summed E-state index contributed by atoms with van der Waals surface area (Å²) in [6.07, 6.45) is -0.532. The number of ether oxygens (including phenoxy) is 2. The first-order valence-electron chi connectivity index (χ1n) is 4.81. The molecule has 1 rings (SSSR count). The van der Waals surface area contributed by atoms with Crippen molar-refractivity contribution in [1.82, 2.24) is 5.48 Å². The van der Waals surface area contributed by atoms with Gasteiger partial charge in [-0.15, -0.1) is 0 Å². The number of carbonyl (C=O) groups is 1. The van der Waals surface area contributed by atoms with E-state index in [0.29, 0.717) is 32.3 Å². The Labute approximate surface area is 83.7 Å². The molecule has 5 nitrogen and oxygen atoms in total. The molecule has 1 heterocycles. The standard InChI is InChI=1S/C9H17NO4/c1-7(2)5-14-10-9(11)8-6-12-3-4-13-8/h7-8H,3-6H2,1-2H3,(H,10,11). The van der Waals surface area contributed by atoms with Crippen LogP contribution in [0, 0.1) is 5.92 Å². The molecule has 1 N–H and O–H groups in total. The number of nitrogens with one attached hydrogen (secondary N) is 1. The molecule has 0 aromatic rings. The lowest BCUT2D eigenvalue weighted by atomic mass is 10.2. The van der Waals surface area contributed by atoms with E-state index in [0.717, 1.165) is 0 Å². The highest BCUT2D eigenvalue weighted by Gasteiger charge is 2.22. The summed E-state index contributed by atoms with van der Waals surface area (Å²) in [5, 5.41) is 0. The molecule has 1 fully saturated rings. The second-order valence-corrected chi connectivity index (χ2v) is 3.61. The van der Waals surface area contributed by atoms with Crippen LogP contribution >= 0.6 is 0 Å². The van der Waals surface area contributed by atoms with Crippen molar-refractivity contribution in [1.29, 1.82) is 0 Å². The van der Waals surface area contributed by atoms with Gasteiger partial charge in [-0.05, 0) is 5.92 Å². The summed E-state index contributed by atoms with van der Waals surface area (Å²) in [6.45, 7) is 5.83. The van der Waals surface area contributed by atoms with Gasteiger partial charge in [0, 0.05) is 0 Å². The molecule has 1 aliphatic heterocycles. The first-order valence-corrected chi connectivity index (χ1v) is 4.81. The van der Waals surface area contributed by atoms with Crippen LogP contribution in [-0.2, 0) is 19.1 Å². The van der Waals surface area contributed by atoms with E-state index in [4.69, 9.17) is 14.3 Å². The highest BCUT2D eigenvalue weighted by Crippen LogP contribution is 2.00. The Kier molecular flexibility index (Phi) is 4.86. The maximum atomic E-state index is 11.3. The van der Waals surface area contributed by atoms with Crippen molar-refractivity contribution >= 4 is 5.91 Å². The smallest absolute Gasteiger partial charge is 0.275 e. The number of hydrogen-bond donors (Lipinski definition) is 1. The lowest BCUT2D eigenvalue weighted by Gasteiger charge is -2.21. The third kappa shape index (κ3) is 4.04. The van der Waals surface area contributed by atoms with Gasteiger partial charge in [0.05, 0.1) is 26.4 Å². The third-order valence-corrected chi connectivity index (χ3v) is 1.70. The largest absolute Gasteiger partial charge is 0.376 e. The molecule has 1 saturated heterocycles. The average molecular weight is 203 g/mol. The summed E-state index contributed by atoms with van der Waals surface area (Å²) in [6, 6.07) is 0. The number of rotatable bonds is 4. The molecule has 82 valence electrons. The summed E-state index contributed by atoms with van der Waals surface area (Å²) in [5.74, 6) is 0.115. The number of hydrogen-bond acceptors (Lipinski definition) is 4. The Morgan fingerprint density at radius 3 is 2.93 bits per heavy atom. The fourth-order valence-corrected chi connectivity index (χ4v) is 0.984. The minimum atomic E-state index is -0.532. The van der Waals surface area contributed by atoms with E-state index in [1.165, 1.54) is 0 Å². The van der Waals surface area contributed by atoms with Crippen molar-refractivity contribution in [3.8, 4) is 0 Å². The van der Waals surface area contributed by atoms with Crippen molar-refractivity contribution in [3.63, 3.8) is 0 Å². The van der Waals surface area contributed by atoms with Crippen LogP contribution in [0.5, 0.6) is 0 Å². The number of carbonyl (C=O) groups excluding carboxylic acids is 1. The van der Waals surface area contributed by atoms with Gasteiger partial charge >= 0.3 is 0 Å². The van der Waals surface area contributed by atoms with Crippen molar-refractivity contribution in [2.75, 3.05) is 26.4 Å². The molecule has 0 aromatic carbocycles. The minimum absolute atomic E-state index is 0.273. The molecular formula is C9H17NO4. The predicted molar refractivity (Wildman–Crippen MR) is 49.5 cm³/mol. The maximum absolute atomic E-state index is 11.3. The van der Waals surface area contributed by atoms with Gasteiger partial charge in [-0.1, -0.05) is 13.8 Å². The van der Waals surface area contributed by atoms with Gasteiger partial charge in [0.15, 0.2) is 6.10 Å². The van der Waals surface area contributed by atoms with E-state index in [2.05, 4.69) is 5.48 Å². The van der Waals surface area contributed by atoms with Crippen molar-refractivity contribution in [2.24, 2.45) is 5.92 Å². The van der Waals surface area contributed by atoms with Crippen LogP contribution in [0.15, 0.2) is 0 Å². The zero-order valence-corrected chi connectivity index (χ0v) is 8.62. The monoisotopic (exact) mass is 203 g/mol. The van der Waals surface area contributed by atoms with Gasteiger partial charge in [0.25, 0.3) is 5.91 Å². The van der Waals surface area contributed by atoms with Gasteiger partial charge in [0.2, 0.25) is 0 Å². The predicted octanol–water partition coefficient (Wildman–Crippen LogP) is 0.106. The maximum Gasteiger partial charge on any atom is 0.275 e. The highest BCUT2D eigenvalue weighted by atomic mass is 16.7. The molecule has 5 heteroatoms. The molecule has 0 spiro atoms. The first kappa shape index (κ1) is 11.4. The molecule has 0 aliphatic carbocycles. The van der Waals surface area contributed by atoms with E-state index in [-0.39, 0.29) is 5.91 Å². The highest BCUT2D eigenvalue weighted by molar-refractivity contribution is 5.79. The molecule has 0 radical (unpaired) electrons. The van der Waals surface area contributed by atoms with Crippen LogP contribution in [0.1, 0.15) is 13.8 Å². The topological polar surface area (TPSA) is 56.8 Å². The molecular weight excluding hydrogens is 186 g/mol. The second kappa shape index (κ2) is 5.95. The van der Waals surface area contributed by atoms with Crippen molar-refractivity contribution in [3.05, 3.63) is 0 Å². The van der Waals surface area contributed by atoms with Crippen LogP contribution in [0.2, 0.25) is 0 Å². The minimum Gasteiger partial charge on any atom is -0.376 e. The molecule has 1 amide bonds. The fraction of sp³-hybridized carbons (Fsp3) is 0.889. The van der Waals surface area contributed by atoms with Crippen LogP contribution in [0.3, 0.4) is 0 Å². The summed E-state index contributed by atoms with van der Waals surface area (Å²) < 4.78 is 10.3. The summed E-state index contributed by atoms with van der Waals surface area (Å²) in [5.41, 5.74) is 2.34. The van der Waals surface area contributed by atoms with Crippen LogP contribution in [0.4, 0.5) is 0 Å². The Balaban J connectivity index is 2.13. The summed E-state index contributed by atoms with van der Waals surface area (Å²) in [4.78, 5) is 16.3. The van der Waals surface area contributed by atoms with Gasteiger partial charge in [-0.2, -0.15) is 0 Å². The molecule has 0 saturated carbocycles. The Morgan fingerprint density at radius 2 is 2.36 bits per heavy atom. The quantitative estimate of drug-likeness (QED) is 0.659. The summed E-state index contributed by atoms with van der Waals surface area (Å²) >= 11 is 0. The molecule has 0 bridgehead atoms. The lowest BCUT2D eigenvalue weighted by Crippen LogP contribution is -2.43. The number of hydroxylamine groups is 1. The molecule has 1 aliphatic rings. The van der Waals surface area contributed by atoms with Crippen molar-refractivity contribution < 1.29 is 19.1 Å². The third-order valence-electron chi connectivity index (χ3n) is 1.70. The molecule has 1 unspecified atom stereocenters. The van der Waals surface area contributed by atoms with Crippen LogP contribution in [0.25, 0.3) is 0 Å². The zero-order chi connectivity index (χ0) is 10.4. The van der Waals surface area contributed by atoms with E-state index in [9.17, 15) is 4.79 Å². The van der Waals surface area contributed by atoms with Gasteiger partial charge < -0.3 is 9.47 Å². The first-order chi connectivity index (χ1) is 6.70. The molecule has 1 atom stereocenters. The Hall–Kier alpha value is -0.650. The Bertz CT molecular complexity index is 178. The van der Waals surface area contributed by atoms with E-state index >= 15 is 0 Å². The lowest BCUT2D eigenvalue weighted by molar-refractivity contribution is -0.160. The fourth-order valence-electron chi connectivity index (χ4n) is 0.984. The van der Waals surface area contributed by atoms with Gasteiger partial charge in [-0.3, -0.25) is 9.63 Å². The SMILES string of the molecule is CC(C)CONC(=O)C1COCCO1. The molecule has 0 aromatic heterocycles. The summed E-state index contributed by atoms with van der Waals surface area (Å²) in [7, 11) is 0. The zero-order valence-electron chi connectivity index (χ0n) is 8.62. The van der Waals surface area contributed by atoms with E-state index in [1.54, 1.807) is 0 Å². The van der Waals surface area contributed by atoms with E-state index < -0.39 is 6.10 Å². The van der Waals surface area contributed by atoms with Crippen LogP contribution < -0.4 is 5.48 Å². The van der Waals surface area contributed by atoms with Crippen molar-refractivity contribution in [2.45, 2.75) is 20.0 Å². The average Bonchev–Trinajstić information content (AvgIpc) is 2.18. The van der Waals surface area contributed by atoms with Gasteiger partial charge in [0.1, 0.15) is 0 Å². The van der Waals surface area contributed by atoms with E-state index in [1.807, 2.05) is 13.8 Å². The van der Waals surface area contributed by atoms with Gasteiger partial charge in [-0.25, -0.2) is 5.48 Å². The van der Waals surface area contributed by atoms with Crippen LogP contribution in [-0.4, -0.2) is 38.4 Å².